The van der Waals surface area contributed by atoms with Crippen molar-refractivity contribution >= 4 is 0 Å². The first-order chi connectivity index (χ1) is 12.6. The first-order valence-electron chi connectivity index (χ1n) is 9.71. The monoisotopic (exact) mass is 374 g/mol. The molecule has 6 atom stereocenters. The van der Waals surface area contributed by atoms with E-state index in [-0.39, 0.29) is 24.4 Å². The Bertz CT molecular complexity index is 434. The Balaban J connectivity index is 1.05. The summed E-state index contributed by atoms with van der Waals surface area (Å²) in [7, 11) is 0. The van der Waals surface area contributed by atoms with Crippen LogP contribution in [0.1, 0.15) is 39.5 Å². The average Bonchev–Trinajstić information content (AvgIpc) is 3.36. The van der Waals surface area contributed by atoms with Crippen molar-refractivity contribution in [3.05, 3.63) is 0 Å². The first-order valence-corrected chi connectivity index (χ1v) is 9.71. The van der Waals surface area contributed by atoms with Gasteiger partial charge < -0.3 is 37.9 Å². The maximum absolute atomic E-state index is 5.87. The second-order valence-electron chi connectivity index (χ2n) is 7.55. The third kappa shape index (κ3) is 4.39. The fraction of sp³-hybridized carbons (Fsp3) is 1.00. The molecule has 0 aromatic carbocycles. The van der Waals surface area contributed by atoms with E-state index in [1.807, 2.05) is 13.8 Å². The summed E-state index contributed by atoms with van der Waals surface area (Å²) in [6.07, 6.45) is 3.66. The molecule has 8 heteroatoms. The van der Waals surface area contributed by atoms with Crippen LogP contribution in [0.5, 0.6) is 0 Å². The third-order valence-electron chi connectivity index (χ3n) is 5.13. The summed E-state index contributed by atoms with van der Waals surface area (Å²) in [6, 6.07) is 0. The van der Waals surface area contributed by atoms with E-state index in [0.717, 1.165) is 25.7 Å². The zero-order valence-corrected chi connectivity index (χ0v) is 15.6. The average molecular weight is 374 g/mol. The highest BCUT2D eigenvalue weighted by molar-refractivity contribution is 4.79. The number of hydrogen-bond acceptors (Lipinski definition) is 8. The van der Waals surface area contributed by atoms with E-state index in [2.05, 4.69) is 0 Å². The van der Waals surface area contributed by atoms with Crippen LogP contribution in [0.15, 0.2) is 0 Å². The van der Waals surface area contributed by atoms with Crippen LogP contribution in [0.3, 0.4) is 0 Å². The molecule has 0 saturated carbocycles. The van der Waals surface area contributed by atoms with Gasteiger partial charge in [-0.2, -0.15) is 0 Å². The lowest BCUT2D eigenvalue weighted by molar-refractivity contribution is -0.326. The largest absolute Gasteiger partial charge is 0.376 e. The molecule has 4 aliphatic rings. The van der Waals surface area contributed by atoms with Crippen molar-refractivity contribution in [1.29, 1.82) is 0 Å². The predicted octanol–water partition coefficient (Wildman–Crippen LogP) is 1.56. The standard InChI is InChI=1S/C18H30O8/c1-13-3-5-17(23-13)21-11-15(25-17)9-19-7-8-20-10-16-12-22-18(26-16)6-4-14(2)24-18/h13-16H,3-12H2,1-2H3. The van der Waals surface area contributed by atoms with Gasteiger partial charge >= 0.3 is 0 Å². The summed E-state index contributed by atoms with van der Waals surface area (Å²) < 4.78 is 45.8. The molecule has 6 unspecified atom stereocenters. The Morgan fingerprint density at radius 3 is 1.58 bits per heavy atom. The number of ether oxygens (including phenoxy) is 8. The van der Waals surface area contributed by atoms with E-state index < -0.39 is 11.9 Å². The van der Waals surface area contributed by atoms with Gasteiger partial charge in [-0.3, -0.25) is 0 Å². The van der Waals surface area contributed by atoms with Crippen LogP contribution in [0.2, 0.25) is 0 Å². The van der Waals surface area contributed by atoms with Gasteiger partial charge in [-0.1, -0.05) is 0 Å². The van der Waals surface area contributed by atoms with Crippen molar-refractivity contribution in [3.8, 4) is 0 Å². The van der Waals surface area contributed by atoms with E-state index in [4.69, 9.17) is 37.9 Å². The highest BCUT2D eigenvalue weighted by Gasteiger charge is 2.49. The van der Waals surface area contributed by atoms with Crippen LogP contribution in [0, 0.1) is 0 Å². The Labute approximate surface area is 154 Å². The second kappa shape index (κ2) is 7.97. The molecule has 4 heterocycles. The molecule has 26 heavy (non-hydrogen) atoms. The zero-order chi connectivity index (χ0) is 18.0. The SMILES string of the molecule is CC1CCC2(OCC(COCCOCC3COC4(CCC(C)O4)O3)O2)O1. The fourth-order valence-electron chi connectivity index (χ4n) is 3.79. The Hall–Kier alpha value is -0.320. The van der Waals surface area contributed by atoms with Crippen molar-refractivity contribution in [3.63, 3.8) is 0 Å². The molecule has 0 aromatic rings. The van der Waals surface area contributed by atoms with Crippen LogP contribution in [-0.4, -0.2) is 76.0 Å². The van der Waals surface area contributed by atoms with E-state index in [1.54, 1.807) is 0 Å². The Morgan fingerprint density at radius 2 is 1.19 bits per heavy atom. The molecule has 0 amide bonds. The molecule has 150 valence electrons. The second-order valence-corrected chi connectivity index (χ2v) is 7.55. The lowest BCUT2D eigenvalue weighted by Gasteiger charge is -2.22. The van der Waals surface area contributed by atoms with Gasteiger partial charge in [-0.25, -0.2) is 0 Å². The lowest BCUT2D eigenvalue weighted by Crippen LogP contribution is -2.32. The molecular formula is C18H30O8. The van der Waals surface area contributed by atoms with E-state index in [9.17, 15) is 0 Å². The summed E-state index contributed by atoms with van der Waals surface area (Å²) in [6.45, 7) is 7.00. The quantitative estimate of drug-likeness (QED) is 0.622. The van der Waals surface area contributed by atoms with Crippen molar-refractivity contribution < 1.29 is 37.9 Å². The van der Waals surface area contributed by atoms with Gasteiger partial charge in [0.25, 0.3) is 11.9 Å². The highest BCUT2D eigenvalue weighted by Crippen LogP contribution is 2.38. The Morgan fingerprint density at radius 1 is 0.731 bits per heavy atom. The van der Waals surface area contributed by atoms with Crippen LogP contribution in [0.4, 0.5) is 0 Å². The minimum atomic E-state index is -0.834. The van der Waals surface area contributed by atoms with Gasteiger partial charge in [-0.05, 0) is 26.7 Å². The minimum Gasteiger partial charge on any atom is -0.376 e. The summed E-state index contributed by atoms with van der Waals surface area (Å²) in [5, 5.41) is 0. The third-order valence-corrected chi connectivity index (χ3v) is 5.13. The van der Waals surface area contributed by atoms with Gasteiger partial charge in [0, 0.05) is 12.8 Å². The van der Waals surface area contributed by atoms with E-state index >= 15 is 0 Å². The highest BCUT2D eigenvalue weighted by atomic mass is 16.9. The smallest absolute Gasteiger partial charge is 0.283 e. The fourth-order valence-corrected chi connectivity index (χ4v) is 3.79. The summed E-state index contributed by atoms with van der Waals surface area (Å²) >= 11 is 0. The normalized spacial score (nSPS) is 45.5. The minimum absolute atomic E-state index is 0.0896. The molecule has 4 rings (SSSR count). The van der Waals surface area contributed by atoms with Crippen molar-refractivity contribution in [1.82, 2.24) is 0 Å². The van der Waals surface area contributed by atoms with Crippen LogP contribution < -0.4 is 0 Å². The van der Waals surface area contributed by atoms with Crippen molar-refractivity contribution in [2.24, 2.45) is 0 Å². The first kappa shape index (κ1) is 19.0. The summed E-state index contributed by atoms with van der Waals surface area (Å²) in [4.78, 5) is 0. The maximum Gasteiger partial charge on any atom is 0.283 e. The van der Waals surface area contributed by atoms with E-state index in [1.165, 1.54) is 0 Å². The van der Waals surface area contributed by atoms with Gasteiger partial charge in [0.15, 0.2) is 0 Å². The van der Waals surface area contributed by atoms with Crippen LogP contribution in [-0.2, 0) is 37.9 Å². The molecule has 0 bridgehead atoms. The molecule has 0 radical (unpaired) electrons. The van der Waals surface area contributed by atoms with Crippen molar-refractivity contribution in [2.75, 3.05) is 39.6 Å². The molecule has 0 N–H and O–H groups in total. The van der Waals surface area contributed by atoms with Crippen LogP contribution in [0.25, 0.3) is 0 Å². The molecular weight excluding hydrogens is 344 g/mol. The molecule has 4 fully saturated rings. The molecule has 0 aliphatic carbocycles. The summed E-state index contributed by atoms with van der Waals surface area (Å²) in [5.41, 5.74) is 0. The number of hydrogen-bond donors (Lipinski definition) is 0. The molecule has 8 nitrogen and oxygen atoms in total. The van der Waals surface area contributed by atoms with Crippen molar-refractivity contribution in [2.45, 2.75) is 75.9 Å². The van der Waals surface area contributed by atoms with Gasteiger partial charge in [-0.15, -0.1) is 0 Å². The topological polar surface area (TPSA) is 73.8 Å². The molecule has 2 spiro atoms. The predicted molar refractivity (Wildman–Crippen MR) is 88.3 cm³/mol. The van der Waals surface area contributed by atoms with Gasteiger partial charge in [0.1, 0.15) is 12.2 Å². The molecule has 4 aliphatic heterocycles. The zero-order valence-electron chi connectivity index (χ0n) is 15.6. The van der Waals surface area contributed by atoms with Crippen LogP contribution >= 0.6 is 0 Å². The van der Waals surface area contributed by atoms with E-state index in [0.29, 0.717) is 39.6 Å². The maximum atomic E-state index is 5.87. The van der Waals surface area contributed by atoms with Gasteiger partial charge in [0.2, 0.25) is 0 Å². The van der Waals surface area contributed by atoms with Gasteiger partial charge in [0.05, 0.1) is 51.8 Å². The molecule has 4 saturated heterocycles. The number of rotatable bonds is 7. The lowest BCUT2D eigenvalue weighted by atomic mass is 10.2. The molecule has 0 aromatic heterocycles. The Kier molecular flexibility index (Phi) is 5.83. The summed E-state index contributed by atoms with van der Waals surface area (Å²) in [5.74, 6) is -1.67.